The molecule has 0 heterocycles. The van der Waals surface area contributed by atoms with Crippen molar-refractivity contribution >= 4 is 5.91 Å². The van der Waals surface area contributed by atoms with Crippen molar-refractivity contribution in [2.45, 2.75) is 33.2 Å². The summed E-state index contributed by atoms with van der Waals surface area (Å²) in [5.41, 5.74) is 2.97. The zero-order chi connectivity index (χ0) is 14.3. The summed E-state index contributed by atoms with van der Waals surface area (Å²) in [7, 11) is 0. The highest BCUT2D eigenvalue weighted by molar-refractivity contribution is 5.93. The Balaban J connectivity index is 2.88. The molecule has 1 rings (SSSR count). The Morgan fingerprint density at radius 3 is 2.47 bits per heavy atom. The van der Waals surface area contributed by atoms with Gasteiger partial charge in [0.25, 0.3) is 5.91 Å². The van der Waals surface area contributed by atoms with E-state index in [0.717, 1.165) is 25.9 Å². The van der Waals surface area contributed by atoms with Crippen LogP contribution in [0.2, 0.25) is 0 Å². The summed E-state index contributed by atoms with van der Waals surface area (Å²) in [6, 6.07) is 4.32. The predicted molar refractivity (Wildman–Crippen MR) is 73.9 cm³/mol. The van der Waals surface area contributed by atoms with Gasteiger partial charge in [0.15, 0.2) is 0 Å². The van der Waals surface area contributed by atoms with Gasteiger partial charge in [-0.2, -0.15) is 0 Å². The summed E-state index contributed by atoms with van der Waals surface area (Å²) in [6.07, 6.45) is 2.04. The van der Waals surface area contributed by atoms with Crippen LogP contribution in [-0.2, 0) is 6.54 Å². The fraction of sp³-hybridized carbons (Fsp3) is 0.500. The van der Waals surface area contributed by atoms with E-state index in [0.29, 0.717) is 17.7 Å². The van der Waals surface area contributed by atoms with E-state index < -0.39 is 5.91 Å². The Kier molecular flexibility index (Phi) is 6.45. The Morgan fingerprint density at radius 1 is 1.32 bits per heavy atom. The van der Waals surface area contributed by atoms with Crippen molar-refractivity contribution in [3.63, 3.8) is 0 Å². The van der Waals surface area contributed by atoms with E-state index in [2.05, 4.69) is 24.2 Å². The molecule has 1 amide bonds. The average Bonchev–Trinajstić information content (AvgIpc) is 2.41. The van der Waals surface area contributed by atoms with Crippen LogP contribution in [0.5, 0.6) is 0 Å². The van der Waals surface area contributed by atoms with Gasteiger partial charge in [0, 0.05) is 17.7 Å². The monoisotopic (exact) mass is 267 g/mol. The van der Waals surface area contributed by atoms with Gasteiger partial charge in [0.05, 0.1) is 0 Å². The van der Waals surface area contributed by atoms with E-state index in [4.69, 9.17) is 5.84 Å². The van der Waals surface area contributed by atoms with Crippen LogP contribution in [-0.4, -0.2) is 23.9 Å². The standard InChI is InChI=1S/C14H22FN3O/c1-3-7-18(8-4-2)10-12-9-11(14(19)17-16)5-6-13(12)15/h5-6,9H,3-4,7-8,10,16H2,1-2H3,(H,17,19). The molecule has 0 saturated carbocycles. The third-order valence-corrected chi connectivity index (χ3v) is 2.91. The zero-order valence-corrected chi connectivity index (χ0v) is 11.6. The molecule has 0 unspecified atom stereocenters. The van der Waals surface area contributed by atoms with Crippen molar-refractivity contribution in [2.24, 2.45) is 5.84 Å². The largest absolute Gasteiger partial charge is 0.299 e. The molecule has 4 nitrogen and oxygen atoms in total. The van der Waals surface area contributed by atoms with Gasteiger partial charge in [-0.1, -0.05) is 13.8 Å². The smallest absolute Gasteiger partial charge is 0.265 e. The first-order valence-corrected chi connectivity index (χ1v) is 6.64. The Bertz CT molecular complexity index is 417. The number of benzene rings is 1. The lowest BCUT2D eigenvalue weighted by Gasteiger charge is -2.21. The fourth-order valence-electron chi connectivity index (χ4n) is 2.06. The van der Waals surface area contributed by atoms with Crippen molar-refractivity contribution in [3.05, 3.63) is 35.1 Å². The predicted octanol–water partition coefficient (Wildman–Crippen LogP) is 2.05. The molecule has 0 aliphatic heterocycles. The summed E-state index contributed by atoms with van der Waals surface area (Å²) in [6.45, 7) is 6.54. The van der Waals surface area contributed by atoms with Crippen LogP contribution >= 0.6 is 0 Å². The normalized spacial score (nSPS) is 10.8. The molecule has 1 aromatic rings. The van der Waals surface area contributed by atoms with Crippen molar-refractivity contribution in [2.75, 3.05) is 13.1 Å². The number of nitrogens with zero attached hydrogens (tertiary/aromatic N) is 1. The lowest BCUT2D eigenvalue weighted by molar-refractivity contribution is 0.0953. The molecule has 1 aromatic carbocycles. The molecule has 0 spiro atoms. The number of hydrogen-bond acceptors (Lipinski definition) is 3. The maximum absolute atomic E-state index is 13.8. The molecule has 0 aliphatic carbocycles. The van der Waals surface area contributed by atoms with E-state index in [-0.39, 0.29) is 5.82 Å². The minimum atomic E-state index is -0.404. The molecule has 0 atom stereocenters. The van der Waals surface area contributed by atoms with Crippen LogP contribution in [0.3, 0.4) is 0 Å². The number of nitrogens with one attached hydrogen (secondary N) is 1. The van der Waals surface area contributed by atoms with Gasteiger partial charge in [-0.25, -0.2) is 10.2 Å². The molecule has 0 radical (unpaired) electrons. The topological polar surface area (TPSA) is 58.4 Å². The number of carbonyl (C=O) groups is 1. The number of nitrogen functional groups attached to an aromatic ring is 1. The van der Waals surface area contributed by atoms with Gasteiger partial charge in [0.1, 0.15) is 5.82 Å². The van der Waals surface area contributed by atoms with E-state index in [1.165, 1.54) is 12.1 Å². The Labute approximate surface area is 113 Å². The van der Waals surface area contributed by atoms with Crippen LogP contribution in [0.4, 0.5) is 4.39 Å². The van der Waals surface area contributed by atoms with E-state index in [1.54, 1.807) is 6.07 Å². The number of hydrogen-bond donors (Lipinski definition) is 2. The summed E-state index contributed by atoms with van der Waals surface area (Å²) < 4.78 is 13.8. The second kappa shape index (κ2) is 7.86. The highest BCUT2D eigenvalue weighted by atomic mass is 19.1. The summed E-state index contributed by atoms with van der Waals surface area (Å²) in [5.74, 6) is 4.39. The van der Waals surface area contributed by atoms with Gasteiger partial charge >= 0.3 is 0 Å². The number of carbonyl (C=O) groups excluding carboxylic acids is 1. The number of nitrogens with two attached hydrogens (primary N) is 1. The number of halogens is 1. The quantitative estimate of drug-likeness (QED) is 0.451. The van der Waals surface area contributed by atoms with Crippen LogP contribution in [0.25, 0.3) is 0 Å². The second-order valence-corrected chi connectivity index (χ2v) is 4.56. The minimum Gasteiger partial charge on any atom is -0.299 e. The molecule has 0 bridgehead atoms. The Hall–Kier alpha value is -1.46. The van der Waals surface area contributed by atoms with Crippen molar-refractivity contribution in [1.82, 2.24) is 10.3 Å². The van der Waals surface area contributed by atoms with Gasteiger partial charge in [-0.05, 0) is 44.1 Å². The lowest BCUT2D eigenvalue weighted by Crippen LogP contribution is -2.30. The highest BCUT2D eigenvalue weighted by Crippen LogP contribution is 2.14. The lowest BCUT2D eigenvalue weighted by atomic mass is 10.1. The zero-order valence-electron chi connectivity index (χ0n) is 11.6. The van der Waals surface area contributed by atoms with Gasteiger partial charge in [-0.15, -0.1) is 0 Å². The molecule has 3 N–H and O–H groups in total. The molecule has 19 heavy (non-hydrogen) atoms. The third kappa shape index (κ3) is 4.61. The van der Waals surface area contributed by atoms with Crippen molar-refractivity contribution in [1.29, 1.82) is 0 Å². The molecule has 106 valence electrons. The average molecular weight is 267 g/mol. The molecular weight excluding hydrogens is 245 g/mol. The van der Waals surface area contributed by atoms with Gasteiger partial charge in [-0.3, -0.25) is 15.1 Å². The Morgan fingerprint density at radius 2 is 1.95 bits per heavy atom. The molecule has 0 saturated heterocycles. The molecular formula is C14H22FN3O. The van der Waals surface area contributed by atoms with Crippen LogP contribution in [0.1, 0.15) is 42.6 Å². The van der Waals surface area contributed by atoms with Crippen LogP contribution < -0.4 is 11.3 Å². The number of hydrazine groups is 1. The van der Waals surface area contributed by atoms with Crippen LogP contribution in [0, 0.1) is 5.82 Å². The second-order valence-electron chi connectivity index (χ2n) is 4.56. The van der Waals surface area contributed by atoms with E-state index in [1.807, 2.05) is 0 Å². The third-order valence-electron chi connectivity index (χ3n) is 2.91. The van der Waals surface area contributed by atoms with Crippen molar-refractivity contribution in [3.8, 4) is 0 Å². The first kappa shape index (κ1) is 15.6. The SMILES string of the molecule is CCCN(CCC)Cc1cc(C(=O)NN)ccc1F. The molecule has 5 heteroatoms. The molecule has 0 aliphatic rings. The number of rotatable bonds is 7. The van der Waals surface area contributed by atoms with Gasteiger partial charge in [0.2, 0.25) is 0 Å². The van der Waals surface area contributed by atoms with E-state index >= 15 is 0 Å². The fourth-order valence-corrected chi connectivity index (χ4v) is 2.06. The van der Waals surface area contributed by atoms with Gasteiger partial charge < -0.3 is 0 Å². The summed E-state index contributed by atoms with van der Waals surface area (Å²) in [5, 5.41) is 0. The minimum absolute atomic E-state index is 0.286. The molecule has 0 fully saturated rings. The highest BCUT2D eigenvalue weighted by Gasteiger charge is 2.11. The maximum atomic E-state index is 13.8. The number of amides is 1. The first-order valence-electron chi connectivity index (χ1n) is 6.64. The van der Waals surface area contributed by atoms with Crippen LogP contribution in [0.15, 0.2) is 18.2 Å². The molecule has 0 aromatic heterocycles. The van der Waals surface area contributed by atoms with E-state index in [9.17, 15) is 9.18 Å². The maximum Gasteiger partial charge on any atom is 0.265 e. The van der Waals surface area contributed by atoms with Crippen molar-refractivity contribution < 1.29 is 9.18 Å². The first-order chi connectivity index (χ1) is 9.12. The summed E-state index contributed by atoms with van der Waals surface area (Å²) >= 11 is 0. The summed E-state index contributed by atoms with van der Waals surface area (Å²) in [4.78, 5) is 13.6.